The van der Waals surface area contributed by atoms with Gasteiger partial charge in [0.15, 0.2) is 5.78 Å². The lowest BCUT2D eigenvalue weighted by molar-refractivity contribution is -0.123. The second-order valence-electron chi connectivity index (χ2n) is 3.27. The zero-order valence-electron chi connectivity index (χ0n) is 8.28. The smallest absolute Gasteiger partial charge is 0.193 e. The van der Waals surface area contributed by atoms with Crippen molar-refractivity contribution in [2.75, 3.05) is 21.2 Å². The third-order valence-corrected chi connectivity index (χ3v) is 1.89. The van der Waals surface area contributed by atoms with E-state index in [-0.39, 0.29) is 11.9 Å². The molecule has 72 valence electrons. The molecule has 0 aromatic carbocycles. The van der Waals surface area contributed by atoms with Crippen molar-refractivity contribution in [2.45, 2.75) is 12.5 Å². The SMILES string of the molecule is COC1C=CCC(=CN(C)C)C1=O. The van der Waals surface area contributed by atoms with E-state index < -0.39 is 0 Å². The maximum absolute atomic E-state index is 11.6. The molecule has 3 nitrogen and oxygen atoms in total. The number of hydrogen-bond donors (Lipinski definition) is 0. The van der Waals surface area contributed by atoms with Gasteiger partial charge in [0.1, 0.15) is 6.10 Å². The minimum absolute atomic E-state index is 0.0682. The molecule has 3 heteroatoms. The fraction of sp³-hybridized carbons (Fsp3) is 0.500. The molecule has 0 amide bonds. The number of ketones is 1. The molecule has 1 rings (SSSR count). The Hall–Kier alpha value is -1.09. The van der Waals surface area contributed by atoms with Gasteiger partial charge in [-0.3, -0.25) is 4.79 Å². The highest BCUT2D eigenvalue weighted by Gasteiger charge is 2.21. The molecule has 0 aliphatic heterocycles. The molecular weight excluding hydrogens is 166 g/mol. The van der Waals surface area contributed by atoms with Crippen molar-refractivity contribution in [3.63, 3.8) is 0 Å². The quantitative estimate of drug-likeness (QED) is 0.469. The van der Waals surface area contributed by atoms with E-state index in [9.17, 15) is 4.79 Å². The average Bonchev–Trinajstić information content (AvgIpc) is 2.08. The van der Waals surface area contributed by atoms with E-state index in [2.05, 4.69) is 0 Å². The minimum Gasteiger partial charge on any atom is -0.383 e. The highest BCUT2D eigenvalue weighted by atomic mass is 16.5. The Morgan fingerprint density at radius 1 is 1.62 bits per heavy atom. The van der Waals surface area contributed by atoms with Crippen molar-refractivity contribution in [1.29, 1.82) is 0 Å². The molecule has 1 unspecified atom stereocenters. The highest BCUT2D eigenvalue weighted by Crippen LogP contribution is 2.16. The first-order valence-corrected chi connectivity index (χ1v) is 4.26. The summed E-state index contributed by atoms with van der Waals surface area (Å²) in [5.41, 5.74) is 0.805. The predicted molar refractivity (Wildman–Crippen MR) is 51.3 cm³/mol. The number of Topliss-reactive ketones (excluding diaryl/α,β-unsaturated/α-hetero) is 1. The van der Waals surface area contributed by atoms with Crippen LogP contribution in [0, 0.1) is 0 Å². The van der Waals surface area contributed by atoms with E-state index in [0.717, 1.165) is 5.57 Å². The van der Waals surface area contributed by atoms with Gasteiger partial charge >= 0.3 is 0 Å². The van der Waals surface area contributed by atoms with Gasteiger partial charge in [0, 0.05) is 33.0 Å². The summed E-state index contributed by atoms with van der Waals surface area (Å²) in [7, 11) is 5.35. The van der Waals surface area contributed by atoms with Gasteiger partial charge < -0.3 is 9.64 Å². The zero-order valence-corrected chi connectivity index (χ0v) is 8.28. The Balaban J connectivity index is 2.80. The number of carbonyl (C=O) groups excluding carboxylic acids is 1. The monoisotopic (exact) mass is 181 g/mol. The van der Waals surface area contributed by atoms with Gasteiger partial charge in [-0.25, -0.2) is 0 Å². The topological polar surface area (TPSA) is 29.5 Å². The van der Waals surface area contributed by atoms with Gasteiger partial charge in [-0.15, -0.1) is 0 Å². The van der Waals surface area contributed by atoms with Crippen LogP contribution in [0.25, 0.3) is 0 Å². The molecule has 0 saturated carbocycles. The van der Waals surface area contributed by atoms with Gasteiger partial charge in [-0.1, -0.05) is 12.2 Å². The lowest BCUT2D eigenvalue weighted by Gasteiger charge is -2.17. The molecule has 0 bridgehead atoms. The molecule has 0 aromatic rings. The van der Waals surface area contributed by atoms with Gasteiger partial charge in [-0.05, 0) is 6.42 Å². The maximum atomic E-state index is 11.6. The molecule has 1 aliphatic carbocycles. The van der Waals surface area contributed by atoms with E-state index >= 15 is 0 Å². The second kappa shape index (κ2) is 4.23. The maximum Gasteiger partial charge on any atom is 0.193 e. The fourth-order valence-corrected chi connectivity index (χ4v) is 1.30. The van der Waals surface area contributed by atoms with E-state index in [1.165, 1.54) is 0 Å². The van der Waals surface area contributed by atoms with Crippen LogP contribution in [-0.2, 0) is 9.53 Å². The highest BCUT2D eigenvalue weighted by molar-refractivity contribution is 6.01. The summed E-state index contributed by atoms with van der Waals surface area (Å²) in [6.07, 6.45) is 5.93. The van der Waals surface area contributed by atoms with Crippen LogP contribution < -0.4 is 0 Å². The summed E-state index contributed by atoms with van der Waals surface area (Å²) >= 11 is 0. The molecule has 0 aromatic heterocycles. The van der Waals surface area contributed by atoms with E-state index in [1.54, 1.807) is 13.2 Å². The van der Waals surface area contributed by atoms with E-state index in [0.29, 0.717) is 6.42 Å². The molecule has 1 atom stereocenters. The van der Waals surface area contributed by atoms with Crippen LogP contribution in [-0.4, -0.2) is 38.0 Å². The van der Waals surface area contributed by atoms with Crippen molar-refractivity contribution >= 4 is 5.78 Å². The zero-order chi connectivity index (χ0) is 9.84. The second-order valence-corrected chi connectivity index (χ2v) is 3.27. The first-order valence-electron chi connectivity index (χ1n) is 4.26. The number of methoxy groups -OCH3 is 1. The van der Waals surface area contributed by atoms with Crippen molar-refractivity contribution in [3.05, 3.63) is 23.9 Å². The van der Waals surface area contributed by atoms with E-state index in [4.69, 9.17) is 4.74 Å². The molecule has 1 aliphatic rings. The molecule has 0 spiro atoms. The molecule has 13 heavy (non-hydrogen) atoms. The number of carbonyl (C=O) groups is 1. The van der Waals surface area contributed by atoms with Gasteiger partial charge in [0.25, 0.3) is 0 Å². The molecular formula is C10H15NO2. The van der Waals surface area contributed by atoms with Gasteiger partial charge in [0.2, 0.25) is 0 Å². The first kappa shape index (κ1) is 9.99. The first-order chi connectivity index (χ1) is 6.15. The Labute approximate surface area is 78.7 Å². The standard InChI is InChI=1S/C10H15NO2/c1-11(2)7-8-5-4-6-9(13-3)10(8)12/h4,6-7,9H,5H2,1-3H3. The minimum atomic E-state index is -0.389. The van der Waals surface area contributed by atoms with Crippen LogP contribution in [0.1, 0.15) is 6.42 Å². The van der Waals surface area contributed by atoms with Crippen LogP contribution in [0.3, 0.4) is 0 Å². The summed E-state index contributed by atoms with van der Waals surface area (Å²) < 4.78 is 5.02. The summed E-state index contributed by atoms with van der Waals surface area (Å²) in [6, 6.07) is 0. The Kier molecular flexibility index (Phi) is 3.25. The van der Waals surface area contributed by atoms with Crippen molar-refractivity contribution in [1.82, 2.24) is 4.90 Å². The summed E-state index contributed by atoms with van der Waals surface area (Å²) in [5, 5.41) is 0. The number of rotatable bonds is 2. The molecule has 0 saturated heterocycles. The fourth-order valence-electron chi connectivity index (χ4n) is 1.30. The van der Waals surface area contributed by atoms with Crippen molar-refractivity contribution in [3.8, 4) is 0 Å². The van der Waals surface area contributed by atoms with Crippen LogP contribution in [0.4, 0.5) is 0 Å². The van der Waals surface area contributed by atoms with Gasteiger partial charge in [0.05, 0.1) is 0 Å². The largest absolute Gasteiger partial charge is 0.383 e. The normalized spacial score (nSPS) is 25.3. The van der Waals surface area contributed by atoms with Crippen molar-refractivity contribution in [2.24, 2.45) is 0 Å². The molecule has 0 N–H and O–H groups in total. The van der Waals surface area contributed by atoms with Crippen LogP contribution in [0.2, 0.25) is 0 Å². The van der Waals surface area contributed by atoms with Gasteiger partial charge in [-0.2, -0.15) is 0 Å². The third kappa shape index (κ3) is 2.42. The number of allylic oxidation sites excluding steroid dienone is 1. The molecule has 0 radical (unpaired) electrons. The van der Waals surface area contributed by atoms with E-state index in [1.807, 2.05) is 31.3 Å². The summed E-state index contributed by atoms with van der Waals surface area (Å²) in [6.45, 7) is 0. The number of hydrogen-bond acceptors (Lipinski definition) is 3. The number of nitrogens with zero attached hydrogens (tertiary/aromatic N) is 1. The van der Waals surface area contributed by atoms with Crippen molar-refractivity contribution < 1.29 is 9.53 Å². The Morgan fingerprint density at radius 2 is 2.31 bits per heavy atom. The van der Waals surface area contributed by atoms with Crippen LogP contribution in [0.5, 0.6) is 0 Å². The summed E-state index contributed by atoms with van der Waals surface area (Å²) in [4.78, 5) is 13.5. The Bertz CT molecular complexity index is 254. The lowest BCUT2D eigenvalue weighted by atomic mass is 9.98. The Morgan fingerprint density at radius 3 is 2.85 bits per heavy atom. The molecule has 0 fully saturated rings. The number of ether oxygens (including phenoxy) is 1. The summed E-state index contributed by atoms with van der Waals surface area (Å²) in [5.74, 6) is 0.0682. The molecule has 0 heterocycles. The predicted octanol–water partition coefficient (Wildman–Crippen LogP) is 0.976. The van der Waals surface area contributed by atoms with Crippen LogP contribution >= 0.6 is 0 Å². The average molecular weight is 181 g/mol. The third-order valence-electron chi connectivity index (χ3n) is 1.89. The van der Waals surface area contributed by atoms with Crippen LogP contribution in [0.15, 0.2) is 23.9 Å². The lowest BCUT2D eigenvalue weighted by Crippen LogP contribution is -2.26.